The minimum atomic E-state index is -4.83. The van der Waals surface area contributed by atoms with Gasteiger partial charge in [-0.25, -0.2) is 0 Å². The van der Waals surface area contributed by atoms with Crippen LogP contribution in [0.5, 0.6) is 0 Å². The molecule has 16 heavy (non-hydrogen) atoms. The summed E-state index contributed by atoms with van der Waals surface area (Å²) < 4.78 is 41.8. The van der Waals surface area contributed by atoms with Crippen LogP contribution in [0.2, 0.25) is 0 Å². The molecule has 6 heteroatoms. The van der Waals surface area contributed by atoms with Crippen LogP contribution < -0.4 is 0 Å². The van der Waals surface area contributed by atoms with Gasteiger partial charge in [0.15, 0.2) is 6.10 Å². The third-order valence-corrected chi connectivity index (χ3v) is 2.65. The summed E-state index contributed by atoms with van der Waals surface area (Å²) in [4.78, 5) is 11.5. The van der Waals surface area contributed by atoms with Gasteiger partial charge in [-0.2, -0.15) is 13.2 Å². The topological polar surface area (TPSA) is 46.5 Å². The molecule has 1 unspecified atom stereocenters. The number of carbonyl (C=O) groups excluding carboxylic acids is 1. The van der Waals surface area contributed by atoms with Crippen LogP contribution in [0.25, 0.3) is 0 Å². The van der Waals surface area contributed by atoms with Crippen molar-refractivity contribution in [2.75, 3.05) is 6.61 Å². The molecule has 0 aromatic heterocycles. The van der Waals surface area contributed by atoms with Crippen LogP contribution in [0, 0.1) is 5.41 Å². The number of hydrogen-bond acceptors (Lipinski definition) is 3. The van der Waals surface area contributed by atoms with E-state index >= 15 is 0 Å². The average Bonchev–Trinajstić information content (AvgIpc) is 2.10. The maximum atomic E-state index is 12.4. The van der Waals surface area contributed by atoms with E-state index in [1.807, 2.05) is 0 Å². The van der Waals surface area contributed by atoms with E-state index in [1.165, 1.54) is 6.92 Å². The van der Waals surface area contributed by atoms with Crippen molar-refractivity contribution in [2.24, 2.45) is 5.41 Å². The van der Waals surface area contributed by atoms with Gasteiger partial charge < -0.3 is 9.84 Å². The lowest BCUT2D eigenvalue weighted by molar-refractivity contribution is -0.249. The average molecular weight is 238 g/mol. The SMILES string of the molecule is C=C1CC(C(=O)OCC)(C(O)C(F)(F)F)C1. The number of hydrogen-bond donors (Lipinski definition) is 1. The number of ether oxygens (including phenoxy) is 1. The maximum absolute atomic E-state index is 12.4. The number of aliphatic hydroxyl groups is 1. The first kappa shape index (κ1) is 13.0. The van der Waals surface area contributed by atoms with Crippen LogP contribution in [-0.2, 0) is 9.53 Å². The minimum absolute atomic E-state index is 0.0162. The molecule has 92 valence electrons. The Bertz CT molecular complexity index is 301. The third-order valence-electron chi connectivity index (χ3n) is 2.65. The lowest BCUT2D eigenvalue weighted by Crippen LogP contribution is -2.55. The van der Waals surface area contributed by atoms with Crippen molar-refractivity contribution < 1.29 is 27.8 Å². The van der Waals surface area contributed by atoms with Gasteiger partial charge in [0.1, 0.15) is 5.41 Å². The molecule has 0 heterocycles. The van der Waals surface area contributed by atoms with Gasteiger partial charge >= 0.3 is 12.1 Å². The van der Waals surface area contributed by atoms with Crippen LogP contribution in [0.15, 0.2) is 12.2 Å². The van der Waals surface area contributed by atoms with E-state index in [0.717, 1.165) is 0 Å². The van der Waals surface area contributed by atoms with Crippen molar-refractivity contribution in [3.05, 3.63) is 12.2 Å². The summed E-state index contributed by atoms with van der Waals surface area (Å²) in [7, 11) is 0. The number of alkyl halides is 3. The zero-order valence-electron chi connectivity index (χ0n) is 8.80. The summed E-state index contributed by atoms with van der Waals surface area (Å²) in [5.74, 6) is -1.01. The minimum Gasteiger partial charge on any atom is -0.465 e. The molecule has 0 bridgehead atoms. The number of rotatable bonds is 3. The molecule has 1 N–H and O–H groups in total. The second kappa shape index (κ2) is 4.08. The molecule has 1 saturated carbocycles. The second-order valence-corrected chi connectivity index (χ2v) is 3.92. The smallest absolute Gasteiger partial charge is 0.415 e. The maximum Gasteiger partial charge on any atom is 0.415 e. The molecule has 0 saturated heterocycles. The van der Waals surface area contributed by atoms with Crippen LogP contribution >= 0.6 is 0 Å². The summed E-state index contributed by atoms with van der Waals surface area (Å²) in [6.07, 6.45) is -7.86. The summed E-state index contributed by atoms with van der Waals surface area (Å²) in [6, 6.07) is 0. The van der Waals surface area contributed by atoms with Crippen molar-refractivity contribution in [3.63, 3.8) is 0 Å². The molecule has 0 radical (unpaired) electrons. The lowest BCUT2D eigenvalue weighted by Gasteiger charge is -2.44. The number of aliphatic hydroxyl groups excluding tert-OH is 1. The Labute approximate surface area is 90.9 Å². The quantitative estimate of drug-likeness (QED) is 0.602. The van der Waals surface area contributed by atoms with E-state index in [-0.39, 0.29) is 19.4 Å². The fourth-order valence-corrected chi connectivity index (χ4v) is 1.88. The fraction of sp³-hybridized carbons (Fsp3) is 0.700. The summed E-state index contributed by atoms with van der Waals surface area (Å²) >= 11 is 0. The van der Waals surface area contributed by atoms with E-state index in [1.54, 1.807) is 0 Å². The zero-order chi connectivity index (χ0) is 12.6. The highest BCUT2D eigenvalue weighted by Gasteiger charge is 2.62. The molecule has 0 aromatic rings. The van der Waals surface area contributed by atoms with E-state index in [2.05, 4.69) is 11.3 Å². The zero-order valence-corrected chi connectivity index (χ0v) is 8.80. The number of esters is 1. The van der Waals surface area contributed by atoms with Gasteiger partial charge in [0.05, 0.1) is 6.61 Å². The fourth-order valence-electron chi connectivity index (χ4n) is 1.88. The summed E-state index contributed by atoms with van der Waals surface area (Å²) in [6.45, 7) is 4.96. The van der Waals surface area contributed by atoms with Crippen molar-refractivity contribution in [2.45, 2.75) is 32.0 Å². The predicted octanol–water partition coefficient (Wildman–Crippen LogP) is 1.81. The third kappa shape index (κ3) is 2.07. The highest BCUT2D eigenvalue weighted by molar-refractivity contribution is 5.80. The van der Waals surface area contributed by atoms with Gasteiger partial charge in [0, 0.05) is 0 Å². The van der Waals surface area contributed by atoms with Crippen LogP contribution in [0.3, 0.4) is 0 Å². The molecule has 1 aliphatic carbocycles. The Morgan fingerprint density at radius 2 is 2.12 bits per heavy atom. The Hall–Kier alpha value is -1.04. The number of halogens is 3. The van der Waals surface area contributed by atoms with Crippen molar-refractivity contribution in [1.29, 1.82) is 0 Å². The molecule has 0 aromatic carbocycles. The van der Waals surface area contributed by atoms with Crippen molar-refractivity contribution in [3.8, 4) is 0 Å². The Kier molecular flexibility index (Phi) is 3.33. The molecule has 1 fully saturated rings. The first-order chi connectivity index (χ1) is 7.24. The van der Waals surface area contributed by atoms with E-state index in [0.29, 0.717) is 5.57 Å². The molecule has 3 nitrogen and oxygen atoms in total. The van der Waals surface area contributed by atoms with Gasteiger partial charge in [-0.05, 0) is 19.8 Å². The van der Waals surface area contributed by atoms with E-state index in [4.69, 9.17) is 0 Å². The molecule has 1 aliphatic rings. The molecule has 0 aliphatic heterocycles. The molecule has 0 spiro atoms. The Morgan fingerprint density at radius 3 is 2.44 bits per heavy atom. The molecular formula is C10H13F3O3. The Morgan fingerprint density at radius 1 is 1.62 bits per heavy atom. The molecule has 1 rings (SSSR count). The number of carbonyl (C=O) groups is 1. The van der Waals surface area contributed by atoms with Gasteiger partial charge in [0.2, 0.25) is 0 Å². The molecular weight excluding hydrogens is 225 g/mol. The van der Waals surface area contributed by atoms with Crippen molar-refractivity contribution in [1.82, 2.24) is 0 Å². The van der Waals surface area contributed by atoms with Gasteiger partial charge in [-0.15, -0.1) is 0 Å². The van der Waals surface area contributed by atoms with E-state index < -0.39 is 23.7 Å². The summed E-state index contributed by atoms with van der Waals surface area (Å²) in [5, 5.41) is 9.20. The Balaban J connectivity index is 2.90. The second-order valence-electron chi connectivity index (χ2n) is 3.92. The van der Waals surface area contributed by atoms with Gasteiger partial charge in [-0.3, -0.25) is 4.79 Å². The van der Waals surface area contributed by atoms with Gasteiger partial charge in [0.25, 0.3) is 0 Å². The molecule has 0 amide bonds. The standard InChI is InChI=1S/C10H13F3O3/c1-3-16-8(15)9(4-6(2)5-9)7(14)10(11,12)13/h7,14H,2-5H2,1H3. The monoisotopic (exact) mass is 238 g/mol. The lowest BCUT2D eigenvalue weighted by atomic mass is 9.62. The summed E-state index contributed by atoms with van der Waals surface area (Å²) in [5.41, 5.74) is -1.37. The number of allylic oxidation sites excluding steroid dienone is 1. The normalized spacial score (nSPS) is 21.2. The highest BCUT2D eigenvalue weighted by Crippen LogP contribution is 2.51. The van der Waals surface area contributed by atoms with Crippen LogP contribution in [0.1, 0.15) is 19.8 Å². The van der Waals surface area contributed by atoms with Gasteiger partial charge in [-0.1, -0.05) is 12.2 Å². The van der Waals surface area contributed by atoms with Crippen LogP contribution in [0.4, 0.5) is 13.2 Å². The first-order valence-electron chi connectivity index (χ1n) is 4.82. The van der Waals surface area contributed by atoms with Crippen molar-refractivity contribution >= 4 is 5.97 Å². The predicted molar refractivity (Wildman–Crippen MR) is 49.5 cm³/mol. The first-order valence-corrected chi connectivity index (χ1v) is 4.82. The molecule has 1 atom stereocenters. The highest BCUT2D eigenvalue weighted by atomic mass is 19.4. The van der Waals surface area contributed by atoms with E-state index in [9.17, 15) is 23.1 Å². The van der Waals surface area contributed by atoms with Crippen LogP contribution in [-0.4, -0.2) is 30.0 Å². The largest absolute Gasteiger partial charge is 0.465 e.